The van der Waals surface area contributed by atoms with Gasteiger partial charge >= 0.3 is 7.82 Å². The number of hydrogen-bond donors (Lipinski definition) is 1. The summed E-state index contributed by atoms with van der Waals surface area (Å²) in [4.78, 5) is 9.77. The first-order valence-electron chi connectivity index (χ1n) is 9.54. The first kappa shape index (κ1) is 25.6. The van der Waals surface area contributed by atoms with Crippen molar-refractivity contribution in [3.63, 3.8) is 0 Å². The average Bonchev–Trinajstić information content (AvgIpc) is 2.54. The third-order valence-electron chi connectivity index (χ3n) is 3.42. The molecule has 0 aromatic heterocycles. The number of quaternary nitrogens is 1. The van der Waals surface area contributed by atoms with E-state index in [4.69, 9.17) is 18.5 Å². The van der Waals surface area contributed by atoms with E-state index in [9.17, 15) is 9.46 Å². The van der Waals surface area contributed by atoms with E-state index in [1.807, 2.05) is 21.1 Å². The van der Waals surface area contributed by atoms with Gasteiger partial charge in [-0.2, -0.15) is 0 Å². The second-order valence-corrected chi connectivity index (χ2v) is 8.66. The Morgan fingerprint density at radius 2 is 1.62 bits per heavy atom. The van der Waals surface area contributed by atoms with E-state index in [2.05, 4.69) is 13.8 Å². The molecule has 0 aromatic carbocycles. The van der Waals surface area contributed by atoms with Crippen LogP contribution in [-0.2, 0) is 23.1 Å². The minimum atomic E-state index is -4.16. The van der Waals surface area contributed by atoms with Crippen LogP contribution in [0.5, 0.6) is 0 Å². The highest BCUT2D eigenvalue weighted by Crippen LogP contribution is 2.43. The van der Waals surface area contributed by atoms with Crippen molar-refractivity contribution in [1.29, 1.82) is 0 Å². The quantitative estimate of drug-likeness (QED) is 0.173. The van der Waals surface area contributed by atoms with Crippen molar-refractivity contribution in [2.24, 2.45) is 0 Å². The normalized spacial score (nSPS) is 15.9. The zero-order chi connectivity index (χ0) is 19.9. The molecule has 0 radical (unpaired) electrons. The topological polar surface area (TPSA) is 74.2 Å². The second kappa shape index (κ2) is 14.6. The first-order chi connectivity index (χ1) is 12.2. The average molecular weight is 396 g/mol. The second-order valence-electron chi connectivity index (χ2n) is 7.25. The monoisotopic (exact) mass is 396 g/mol. The Morgan fingerprint density at radius 3 is 2.19 bits per heavy atom. The lowest BCUT2D eigenvalue weighted by Crippen LogP contribution is -2.27. The van der Waals surface area contributed by atoms with Crippen molar-refractivity contribution in [2.75, 3.05) is 47.6 Å². The lowest BCUT2D eigenvalue weighted by atomic mass is 10.2. The van der Waals surface area contributed by atoms with E-state index < -0.39 is 7.82 Å². The fraction of sp³-hybridized carbons (Fsp3) is 0.889. The summed E-state index contributed by atoms with van der Waals surface area (Å²) in [5.74, 6) is 0. The molecule has 0 rings (SSSR count). The molecule has 0 aliphatic rings. The van der Waals surface area contributed by atoms with Crippen LogP contribution >= 0.6 is 7.82 Å². The largest absolute Gasteiger partial charge is 0.527 e. The third kappa shape index (κ3) is 17.0. The van der Waals surface area contributed by atoms with Crippen LogP contribution in [0.15, 0.2) is 12.5 Å². The maximum atomic E-state index is 12.0. The number of nitrogens with zero attached hydrogens (tertiary/aromatic N) is 1. The summed E-state index contributed by atoms with van der Waals surface area (Å²) < 4.78 is 33.7. The number of phosphoric acid groups is 1. The molecule has 2 atom stereocenters. The summed E-state index contributed by atoms with van der Waals surface area (Å²) in [5, 5.41) is 0. The standard InChI is InChI=1S/C18H38NO6P/c1-6-8-10-13-22-16-18(23-14-11-9-7-2)17-25-26(20,21)24-15-12-19(3,4)5/h12,15,18H,6-11,13-14,16-17H2,1-5H3/p+1/t18-/m1/s1. The molecule has 0 spiro atoms. The molecule has 7 nitrogen and oxygen atoms in total. The van der Waals surface area contributed by atoms with E-state index >= 15 is 0 Å². The minimum Gasteiger partial charge on any atom is -0.406 e. The summed E-state index contributed by atoms with van der Waals surface area (Å²) in [6.45, 7) is 5.79. The molecule has 0 saturated heterocycles. The molecule has 0 fully saturated rings. The SMILES string of the molecule is CCCCCOC[C@H](COP(=O)(O)OC=C[N+](C)(C)C)OCCCCC. The van der Waals surface area contributed by atoms with Gasteiger partial charge in [0.1, 0.15) is 18.6 Å². The minimum absolute atomic E-state index is 0.0497. The predicted octanol–water partition coefficient (Wildman–Crippen LogP) is 4.08. The van der Waals surface area contributed by atoms with Crippen molar-refractivity contribution >= 4 is 7.82 Å². The number of unbranched alkanes of at least 4 members (excludes halogenated alkanes) is 4. The van der Waals surface area contributed by atoms with E-state index in [1.54, 1.807) is 6.20 Å². The third-order valence-corrected chi connectivity index (χ3v) is 4.29. The van der Waals surface area contributed by atoms with Crippen molar-refractivity contribution in [3.05, 3.63) is 12.5 Å². The fourth-order valence-corrected chi connectivity index (χ4v) is 2.53. The Morgan fingerprint density at radius 1 is 1.00 bits per heavy atom. The summed E-state index contributed by atoms with van der Waals surface area (Å²) >= 11 is 0. The van der Waals surface area contributed by atoms with Crippen LogP contribution in [0.3, 0.4) is 0 Å². The van der Waals surface area contributed by atoms with Gasteiger partial charge in [-0.3, -0.25) is 9.42 Å². The maximum Gasteiger partial charge on any atom is 0.527 e. The van der Waals surface area contributed by atoms with E-state index in [0.717, 1.165) is 38.5 Å². The van der Waals surface area contributed by atoms with Gasteiger partial charge in [0.05, 0.1) is 34.4 Å². The number of ether oxygens (including phenoxy) is 2. The molecule has 8 heteroatoms. The Kier molecular flexibility index (Phi) is 14.4. The Labute approximate surface area is 159 Å². The summed E-state index contributed by atoms with van der Waals surface area (Å²) in [7, 11) is 1.55. The van der Waals surface area contributed by atoms with Crippen LogP contribution in [0.4, 0.5) is 0 Å². The Balaban J connectivity index is 4.34. The van der Waals surface area contributed by atoms with Gasteiger partial charge in [-0.25, -0.2) is 4.57 Å². The Hall–Kier alpha value is -0.430. The number of rotatable bonds is 17. The lowest BCUT2D eigenvalue weighted by Gasteiger charge is -2.20. The van der Waals surface area contributed by atoms with Crippen molar-refractivity contribution in [2.45, 2.75) is 58.5 Å². The summed E-state index contributed by atoms with van der Waals surface area (Å²) in [6, 6.07) is 0. The maximum absolute atomic E-state index is 12.0. The molecular formula is C18H39NO6P+. The number of phosphoric ester groups is 1. The van der Waals surface area contributed by atoms with Crippen LogP contribution in [0.25, 0.3) is 0 Å². The molecule has 0 heterocycles. The summed E-state index contributed by atoms with van der Waals surface area (Å²) in [5.41, 5.74) is 0. The molecule has 156 valence electrons. The lowest BCUT2D eigenvalue weighted by molar-refractivity contribution is -0.817. The van der Waals surface area contributed by atoms with Crippen LogP contribution in [0, 0.1) is 0 Å². The molecule has 0 aliphatic heterocycles. The van der Waals surface area contributed by atoms with Gasteiger partial charge in [0.25, 0.3) is 0 Å². The highest BCUT2D eigenvalue weighted by atomic mass is 31.2. The van der Waals surface area contributed by atoms with E-state index in [0.29, 0.717) is 24.3 Å². The highest BCUT2D eigenvalue weighted by molar-refractivity contribution is 7.47. The van der Waals surface area contributed by atoms with Gasteiger partial charge in [-0.15, -0.1) is 0 Å². The van der Waals surface area contributed by atoms with Crippen molar-refractivity contribution in [3.8, 4) is 0 Å². The molecule has 0 bridgehead atoms. The van der Waals surface area contributed by atoms with Crippen LogP contribution in [0.2, 0.25) is 0 Å². The van der Waals surface area contributed by atoms with Crippen molar-refractivity contribution in [1.82, 2.24) is 0 Å². The van der Waals surface area contributed by atoms with Crippen LogP contribution < -0.4 is 0 Å². The summed E-state index contributed by atoms with van der Waals surface area (Å²) in [6.07, 6.45) is 8.84. The van der Waals surface area contributed by atoms with Gasteiger partial charge in [-0.1, -0.05) is 39.5 Å². The van der Waals surface area contributed by atoms with Gasteiger partial charge in [-0.05, 0) is 12.8 Å². The molecule has 0 aromatic rings. The van der Waals surface area contributed by atoms with Crippen LogP contribution in [-0.4, -0.2) is 63.1 Å². The molecule has 1 unspecified atom stereocenters. The molecular weight excluding hydrogens is 357 g/mol. The van der Waals surface area contributed by atoms with Gasteiger partial charge < -0.3 is 18.5 Å². The molecule has 0 saturated carbocycles. The highest BCUT2D eigenvalue weighted by Gasteiger charge is 2.24. The molecule has 26 heavy (non-hydrogen) atoms. The molecule has 1 N–H and O–H groups in total. The van der Waals surface area contributed by atoms with Crippen molar-refractivity contribution < 1.29 is 32.5 Å². The van der Waals surface area contributed by atoms with Crippen LogP contribution in [0.1, 0.15) is 52.4 Å². The van der Waals surface area contributed by atoms with E-state index in [1.165, 1.54) is 6.26 Å². The van der Waals surface area contributed by atoms with Gasteiger partial charge in [0, 0.05) is 13.2 Å². The smallest absolute Gasteiger partial charge is 0.406 e. The van der Waals surface area contributed by atoms with Gasteiger partial charge in [0.15, 0.2) is 0 Å². The predicted molar refractivity (Wildman–Crippen MR) is 104 cm³/mol. The fourth-order valence-electron chi connectivity index (χ4n) is 1.91. The van der Waals surface area contributed by atoms with E-state index in [-0.39, 0.29) is 12.7 Å². The first-order valence-corrected chi connectivity index (χ1v) is 11.0. The zero-order valence-corrected chi connectivity index (χ0v) is 18.1. The van der Waals surface area contributed by atoms with Gasteiger partial charge in [0.2, 0.25) is 0 Å². The Bertz CT molecular complexity index is 411. The number of hydrogen-bond acceptors (Lipinski definition) is 5. The molecule has 0 amide bonds. The molecule has 0 aliphatic carbocycles. The zero-order valence-electron chi connectivity index (χ0n) is 17.2.